The summed E-state index contributed by atoms with van der Waals surface area (Å²) in [6, 6.07) is 2.96. The quantitative estimate of drug-likeness (QED) is 0.118. The second kappa shape index (κ2) is 119. The van der Waals surface area contributed by atoms with Gasteiger partial charge in [-0.2, -0.15) is 0 Å². The molecular weight excluding hydrogens is 1520 g/mol. The van der Waals surface area contributed by atoms with Gasteiger partial charge in [0.1, 0.15) is 0 Å². The van der Waals surface area contributed by atoms with E-state index < -0.39 is 0 Å². The van der Waals surface area contributed by atoms with Crippen molar-refractivity contribution in [1.82, 2.24) is 51.5 Å². The molecule has 3 unspecified atom stereocenters. The second-order valence-electron chi connectivity index (χ2n) is 35.1. The van der Waals surface area contributed by atoms with Crippen LogP contribution < -0.4 is 31.9 Å². The Balaban J connectivity index is -0.0000000790. The maximum absolute atomic E-state index is 5.41. The average Bonchev–Trinajstić information content (AvgIpc) is 0.908. The average molecular weight is 1790 g/mol. The van der Waals surface area contributed by atoms with E-state index in [1.807, 2.05) is 152 Å². The molecule has 11 saturated heterocycles. The lowest BCUT2D eigenvalue weighted by Gasteiger charge is -2.52. The summed E-state index contributed by atoms with van der Waals surface area (Å²) in [4.78, 5) is 10.0. The van der Waals surface area contributed by atoms with E-state index in [1.165, 1.54) is 220 Å². The van der Waals surface area contributed by atoms with Gasteiger partial charge in [0.25, 0.3) is 0 Å². The first-order valence-electron chi connectivity index (χ1n) is 53.2. The van der Waals surface area contributed by atoms with Crippen molar-refractivity contribution in [3.05, 3.63) is 0 Å². The molecular formula is C111H262N10O3. The smallest absolute Gasteiger partial charge is 0.0598 e. The molecule has 11 heterocycles. The zero-order valence-electron chi connectivity index (χ0n) is 91.3. The monoisotopic (exact) mass is 1780 g/mol. The van der Waals surface area contributed by atoms with Crippen LogP contribution in [0.3, 0.4) is 0 Å². The molecule has 12 aliphatic rings. The molecule has 0 amide bonds. The van der Waals surface area contributed by atoms with Crippen LogP contribution in [0.5, 0.6) is 0 Å². The first-order valence-corrected chi connectivity index (χ1v) is 53.2. The van der Waals surface area contributed by atoms with Gasteiger partial charge < -0.3 is 55.9 Å². The molecule has 0 aromatic carbocycles. The highest BCUT2D eigenvalue weighted by molar-refractivity contribution is 4.97. The standard InChI is InChI=1S/C11H21N.3C8H17N.C8H16O.C7H16N2.C7H15NO.2C7H15N.C7H14O.C6H13N.11C2H6.5CH4/c1-9(2)10-7-11(8-10)3-5-12-6-4-11;1-7(2)8-3-5-9-6-4-8;1-7(2)8-4-3-5-9-6-8;1-8(2)9-6-4-3-5-7-9;1-7(2)8-3-5-9-6-4-8;1-7(2)9-5-3-8-4-6-9;1-7(2)8-3-5-9-6-4-8;1-6(2)7-3-4-8-5-7;1-7(2)8-5-3-4-6-8;1-6(2)7-4-3-5-8-7;1-5(2)6-3-7-4-6;11*1-2;;;;;/h9-10,12H,3-8H2,1-2H3;2*7-9H,3-6H2,1-2H3;8H,3-7H2,1-2H3;2*7-8H,3-6H2,1-2H3;7H,3-6H2,1-2H3;6-8H,3-5H2,1-2H3;7H,3-6H2,1-2H3;6-7H,3-5H2,1-2H3;5-7H,3-4H2,1-2H3;11*1-2H3;5*1H4. The van der Waals surface area contributed by atoms with Gasteiger partial charge in [0, 0.05) is 83.3 Å². The highest BCUT2D eigenvalue weighted by Crippen LogP contribution is 2.54. The highest BCUT2D eigenvalue weighted by Gasteiger charge is 2.45. The Morgan fingerprint density at radius 3 is 0.750 bits per heavy atom. The number of hydrogen-bond acceptors (Lipinski definition) is 13. The Bertz CT molecular complexity index is 1480. The number of hydrogen-bond donors (Lipinski definition) is 6. The Morgan fingerprint density at radius 1 is 0.226 bits per heavy atom. The van der Waals surface area contributed by atoms with Crippen molar-refractivity contribution in [2.45, 2.75) is 488 Å². The summed E-state index contributed by atoms with van der Waals surface area (Å²) >= 11 is 0. The van der Waals surface area contributed by atoms with Gasteiger partial charge in [-0.1, -0.05) is 293 Å². The Morgan fingerprint density at radius 2 is 0.516 bits per heavy atom. The van der Waals surface area contributed by atoms with Gasteiger partial charge in [0.05, 0.1) is 19.3 Å². The predicted octanol–water partition coefficient (Wildman–Crippen LogP) is 30.6. The Hall–Kier alpha value is -0.520. The maximum atomic E-state index is 5.41. The number of rotatable bonds is 11. The van der Waals surface area contributed by atoms with Crippen LogP contribution in [0, 0.1) is 82.3 Å². The minimum absolute atomic E-state index is 0. The summed E-state index contributed by atoms with van der Waals surface area (Å²) in [5, 5.41) is 20.2. The van der Waals surface area contributed by atoms with Gasteiger partial charge in [-0.15, -0.1) is 0 Å². The minimum Gasteiger partial charge on any atom is -0.381 e. The molecule has 0 radical (unpaired) electrons. The number of ether oxygens (including phenoxy) is 3. The normalized spacial score (nSPS) is 20.4. The van der Waals surface area contributed by atoms with Crippen molar-refractivity contribution in [2.24, 2.45) is 82.3 Å². The molecule has 1 saturated carbocycles. The number of piperazine rings is 1. The van der Waals surface area contributed by atoms with Crippen LogP contribution in [0.4, 0.5) is 0 Å². The Labute approximate surface area is 795 Å². The predicted molar refractivity (Wildman–Crippen MR) is 584 cm³/mol. The van der Waals surface area contributed by atoms with E-state index >= 15 is 0 Å². The van der Waals surface area contributed by atoms with E-state index in [2.05, 4.69) is 204 Å². The molecule has 12 fully saturated rings. The fraction of sp³-hybridized carbons (Fsp3) is 1.00. The van der Waals surface area contributed by atoms with Gasteiger partial charge in [-0.05, 0) is 339 Å². The topological polar surface area (TPSA) is 113 Å². The van der Waals surface area contributed by atoms with E-state index in [0.29, 0.717) is 12.1 Å². The number of piperidine rings is 4. The zero-order chi connectivity index (χ0) is 94.0. The maximum Gasteiger partial charge on any atom is 0.0598 e. The molecule has 0 aromatic heterocycles. The van der Waals surface area contributed by atoms with Crippen molar-refractivity contribution in [1.29, 1.82) is 0 Å². The summed E-state index contributed by atoms with van der Waals surface area (Å²) in [6.07, 6.45) is 25.7. The summed E-state index contributed by atoms with van der Waals surface area (Å²) in [5.41, 5.74) is 0.792. The van der Waals surface area contributed by atoms with E-state index in [0.717, 1.165) is 160 Å². The van der Waals surface area contributed by atoms with Crippen LogP contribution >= 0.6 is 0 Å². The van der Waals surface area contributed by atoms with Crippen molar-refractivity contribution in [3.8, 4) is 0 Å². The largest absolute Gasteiger partial charge is 0.381 e. The highest BCUT2D eigenvalue weighted by atomic mass is 16.5. The third kappa shape index (κ3) is 92.0. The summed E-state index contributed by atoms with van der Waals surface area (Å²) in [6.45, 7) is 124. The van der Waals surface area contributed by atoms with Crippen LogP contribution in [0.1, 0.15) is 457 Å². The van der Waals surface area contributed by atoms with Gasteiger partial charge >= 0.3 is 0 Å². The fourth-order valence-corrected chi connectivity index (χ4v) is 15.4. The van der Waals surface area contributed by atoms with Gasteiger partial charge in [-0.3, -0.25) is 9.80 Å². The second-order valence-corrected chi connectivity index (χ2v) is 35.1. The molecule has 774 valence electrons. The molecule has 3 atom stereocenters. The molecule has 12 rings (SSSR count). The third-order valence-corrected chi connectivity index (χ3v) is 24.0. The van der Waals surface area contributed by atoms with E-state index in [4.69, 9.17) is 14.2 Å². The van der Waals surface area contributed by atoms with Crippen molar-refractivity contribution in [2.75, 3.05) is 164 Å². The molecule has 0 bridgehead atoms. The third-order valence-electron chi connectivity index (χ3n) is 24.0. The van der Waals surface area contributed by atoms with Crippen molar-refractivity contribution in [3.63, 3.8) is 0 Å². The van der Waals surface area contributed by atoms with E-state index in [1.54, 1.807) is 0 Å². The number of likely N-dealkylation sites (tertiary alicyclic amines) is 2. The van der Waals surface area contributed by atoms with E-state index in [-0.39, 0.29) is 37.1 Å². The SMILES string of the molecule is C.C.C.C.C.CC.CC.CC.CC.CC.CC.CC.CC.CC.CC.CC.CC(C)C1CC2(CCNCC2)C1.CC(C)C1CCCNC1.CC(C)C1CCCO1.CC(C)C1CCNC1.CC(C)C1CCNCC1.CC(C)C1CCOCC1.CC(C)C1CNC1.CC(C)N1CCCC1.CC(C)N1CCCCC1.CC(C)N1CCNCC1.CC(C)N1CCOCC1. The van der Waals surface area contributed by atoms with Crippen molar-refractivity contribution >= 4 is 0 Å². The molecule has 13 heteroatoms. The number of morpholine rings is 1. The summed E-state index contributed by atoms with van der Waals surface area (Å²) in [7, 11) is 0. The van der Waals surface area contributed by atoms with Crippen LogP contribution in [-0.4, -0.2) is 214 Å². The van der Waals surface area contributed by atoms with Crippen LogP contribution in [0.25, 0.3) is 0 Å². The lowest BCUT2D eigenvalue weighted by Crippen LogP contribution is -2.46. The first kappa shape index (κ1) is 157. The van der Waals surface area contributed by atoms with Crippen LogP contribution in [0.15, 0.2) is 0 Å². The number of nitrogens with zero attached hydrogens (tertiary/aromatic N) is 4. The zero-order valence-corrected chi connectivity index (χ0v) is 91.3. The molecule has 6 N–H and O–H groups in total. The molecule has 13 nitrogen and oxygen atoms in total. The summed E-state index contributed by atoms with van der Waals surface area (Å²) in [5.74, 6) is 11.9. The van der Waals surface area contributed by atoms with Crippen molar-refractivity contribution < 1.29 is 14.2 Å². The number of nitrogens with one attached hydrogen (secondary N) is 6. The molecule has 1 spiro atoms. The van der Waals surface area contributed by atoms with Gasteiger partial charge in [-0.25, -0.2) is 0 Å². The van der Waals surface area contributed by atoms with Gasteiger partial charge in [0.2, 0.25) is 0 Å². The van der Waals surface area contributed by atoms with Crippen LogP contribution in [-0.2, 0) is 14.2 Å². The molecule has 124 heavy (non-hydrogen) atoms. The molecule has 1 aliphatic carbocycles. The lowest BCUT2D eigenvalue weighted by atomic mass is 9.55. The van der Waals surface area contributed by atoms with E-state index in [9.17, 15) is 0 Å². The first-order chi connectivity index (χ1) is 57.3. The Kier molecular flexibility index (Phi) is 150. The molecule has 11 aliphatic heterocycles. The van der Waals surface area contributed by atoms with Crippen LogP contribution in [0.2, 0.25) is 0 Å². The molecule has 0 aromatic rings. The minimum atomic E-state index is 0. The summed E-state index contributed by atoms with van der Waals surface area (Å²) < 4.78 is 15.9. The fourth-order valence-electron chi connectivity index (χ4n) is 15.4. The lowest BCUT2D eigenvalue weighted by molar-refractivity contribution is -0.00191. The van der Waals surface area contributed by atoms with Gasteiger partial charge in [0.15, 0.2) is 0 Å².